The molecule has 0 bridgehead atoms. The molecule has 2 atom stereocenters. The van der Waals surface area contributed by atoms with Gasteiger partial charge in [-0.05, 0) is 26.8 Å². The fraction of sp³-hybridized carbons (Fsp3) is 0.400. The van der Waals surface area contributed by atoms with Crippen LogP contribution in [0.4, 0.5) is 10.1 Å². The average molecular weight is 451 g/mol. The number of rotatable bonds is 8. The van der Waals surface area contributed by atoms with Crippen molar-refractivity contribution >= 4 is 28.8 Å². The van der Waals surface area contributed by atoms with Crippen LogP contribution in [0.3, 0.4) is 0 Å². The van der Waals surface area contributed by atoms with Crippen LogP contribution < -0.4 is 10.6 Å². The Kier molecular flexibility index (Phi) is 6.73. The third-order valence-corrected chi connectivity index (χ3v) is 4.83. The number of aliphatic hydroxyl groups is 2. The number of halogens is 2. The molecule has 0 spiro atoms. The van der Waals surface area contributed by atoms with E-state index in [9.17, 15) is 19.4 Å². The van der Waals surface area contributed by atoms with E-state index >= 15 is 0 Å². The molecule has 1 amide bonds. The second kappa shape index (κ2) is 9.13. The maximum Gasteiger partial charge on any atom is 0.255 e. The average Bonchev–Trinajstić information content (AvgIpc) is 3.13. The van der Waals surface area contributed by atoms with E-state index in [0.29, 0.717) is 27.7 Å². The van der Waals surface area contributed by atoms with Crippen molar-refractivity contribution in [3.05, 3.63) is 41.3 Å². The normalized spacial score (nSPS) is 13.8. The molecule has 0 saturated heterocycles. The molecule has 0 aliphatic heterocycles. The van der Waals surface area contributed by atoms with Gasteiger partial charge in [0.05, 0.1) is 53.1 Å². The Hall–Kier alpha value is -2.82. The van der Waals surface area contributed by atoms with Crippen LogP contribution in [0.15, 0.2) is 30.7 Å². The van der Waals surface area contributed by atoms with E-state index < -0.39 is 17.7 Å². The number of nitrogens with one attached hydrogen (secondary N) is 2. The molecule has 3 aromatic heterocycles. The topological polar surface area (TPSA) is 125 Å². The van der Waals surface area contributed by atoms with Crippen LogP contribution in [0.1, 0.15) is 31.1 Å². The lowest BCUT2D eigenvalue weighted by molar-refractivity contribution is -0.00177. The van der Waals surface area contributed by atoms with E-state index in [4.69, 9.17) is 11.6 Å². The number of imidazole rings is 1. The Morgan fingerprint density at radius 1 is 1.29 bits per heavy atom. The number of pyridine rings is 1. The maximum absolute atomic E-state index is 14.0. The molecule has 0 radical (unpaired) electrons. The lowest BCUT2D eigenvalue weighted by atomic mass is 10.0. The third kappa shape index (κ3) is 5.27. The standard InChI is InChI=1S/C20H24ClFN6O3/c1-11(10-29)27-14-5-15(16-8-24-18-4-12(21)6-26-28(16)18)23-7-13(14)19(30)25-9-17(22)20(2,3)31/h4-8,11,17,29,31H,9-10H2,1-3H3,(H,23,27)(H,25,30)/t11-,17+/m0/s1. The minimum Gasteiger partial charge on any atom is -0.394 e. The summed E-state index contributed by atoms with van der Waals surface area (Å²) in [5.41, 5.74) is 0.560. The zero-order valence-electron chi connectivity index (χ0n) is 17.3. The molecule has 4 N–H and O–H groups in total. The first kappa shape index (κ1) is 22.9. The fourth-order valence-electron chi connectivity index (χ4n) is 2.76. The summed E-state index contributed by atoms with van der Waals surface area (Å²) in [6, 6.07) is 2.93. The van der Waals surface area contributed by atoms with Crippen molar-refractivity contribution in [2.24, 2.45) is 0 Å². The van der Waals surface area contributed by atoms with Crippen LogP contribution in [0.25, 0.3) is 17.0 Å². The van der Waals surface area contributed by atoms with E-state index in [1.807, 2.05) is 0 Å². The number of aliphatic hydroxyl groups excluding tert-OH is 1. The van der Waals surface area contributed by atoms with Crippen molar-refractivity contribution in [3.8, 4) is 11.4 Å². The molecule has 0 saturated carbocycles. The Labute approximate surface area is 183 Å². The van der Waals surface area contributed by atoms with Gasteiger partial charge in [0, 0.05) is 18.3 Å². The second-order valence-corrected chi connectivity index (χ2v) is 8.20. The summed E-state index contributed by atoms with van der Waals surface area (Å²) in [4.78, 5) is 21.3. The van der Waals surface area contributed by atoms with Gasteiger partial charge in [0.25, 0.3) is 5.91 Å². The largest absolute Gasteiger partial charge is 0.394 e. The Morgan fingerprint density at radius 3 is 2.71 bits per heavy atom. The number of hydrogen-bond donors (Lipinski definition) is 4. The van der Waals surface area contributed by atoms with Crippen LogP contribution in [0.5, 0.6) is 0 Å². The van der Waals surface area contributed by atoms with Gasteiger partial charge in [0.1, 0.15) is 11.9 Å². The first-order valence-electron chi connectivity index (χ1n) is 9.62. The maximum atomic E-state index is 14.0. The van der Waals surface area contributed by atoms with Crippen molar-refractivity contribution in [1.29, 1.82) is 0 Å². The number of carbonyl (C=O) groups excluding carboxylic acids is 1. The van der Waals surface area contributed by atoms with Crippen molar-refractivity contribution < 1.29 is 19.4 Å². The van der Waals surface area contributed by atoms with Gasteiger partial charge in [-0.15, -0.1) is 0 Å². The molecule has 3 aromatic rings. The highest BCUT2D eigenvalue weighted by Gasteiger charge is 2.27. The summed E-state index contributed by atoms with van der Waals surface area (Å²) in [5.74, 6) is -0.568. The summed E-state index contributed by atoms with van der Waals surface area (Å²) < 4.78 is 15.6. The zero-order chi connectivity index (χ0) is 22.8. The van der Waals surface area contributed by atoms with Crippen molar-refractivity contribution in [1.82, 2.24) is 24.9 Å². The monoisotopic (exact) mass is 450 g/mol. The number of fused-ring (bicyclic) bond motifs is 1. The van der Waals surface area contributed by atoms with Gasteiger partial charge in [-0.1, -0.05) is 11.6 Å². The zero-order valence-corrected chi connectivity index (χ0v) is 18.1. The Bertz CT molecular complexity index is 1080. The van der Waals surface area contributed by atoms with Gasteiger partial charge in [-0.3, -0.25) is 9.78 Å². The molecular weight excluding hydrogens is 427 g/mol. The van der Waals surface area contributed by atoms with Gasteiger partial charge in [-0.2, -0.15) is 5.10 Å². The highest BCUT2D eigenvalue weighted by molar-refractivity contribution is 6.30. The predicted octanol–water partition coefficient (Wildman–Crippen LogP) is 2.08. The summed E-state index contributed by atoms with van der Waals surface area (Å²) in [5, 5.41) is 29.3. The SMILES string of the molecule is C[C@@H](CO)Nc1cc(-c2cnc3cc(Cl)cnn23)ncc1C(=O)NC[C@@H](F)C(C)(C)O. The van der Waals surface area contributed by atoms with E-state index in [-0.39, 0.29) is 24.8 Å². The van der Waals surface area contributed by atoms with Crippen molar-refractivity contribution in [3.63, 3.8) is 0 Å². The molecule has 31 heavy (non-hydrogen) atoms. The van der Waals surface area contributed by atoms with Crippen molar-refractivity contribution in [2.75, 3.05) is 18.5 Å². The molecule has 3 heterocycles. The first-order valence-corrected chi connectivity index (χ1v) is 9.99. The second-order valence-electron chi connectivity index (χ2n) is 7.76. The molecule has 3 rings (SSSR count). The van der Waals surface area contributed by atoms with Crippen LogP contribution in [0.2, 0.25) is 5.02 Å². The fourth-order valence-corrected chi connectivity index (χ4v) is 2.90. The molecule has 9 nitrogen and oxygen atoms in total. The third-order valence-electron chi connectivity index (χ3n) is 4.62. The summed E-state index contributed by atoms with van der Waals surface area (Å²) in [6.45, 7) is 3.86. The van der Waals surface area contributed by atoms with E-state index in [0.717, 1.165) is 0 Å². The highest BCUT2D eigenvalue weighted by atomic mass is 35.5. The van der Waals surface area contributed by atoms with Crippen LogP contribution in [0, 0.1) is 0 Å². The minimum atomic E-state index is -1.65. The molecule has 0 fully saturated rings. The van der Waals surface area contributed by atoms with Crippen molar-refractivity contribution in [2.45, 2.75) is 38.6 Å². The lowest BCUT2D eigenvalue weighted by Crippen LogP contribution is -2.42. The number of hydrogen-bond acceptors (Lipinski definition) is 7. The molecule has 11 heteroatoms. The molecular formula is C20H24ClFN6O3. The smallest absolute Gasteiger partial charge is 0.255 e. The summed E-state index contributed by atoms with van der Waals surface area (Å²) >= 11 is 5.96. The summed E-state index contributed by atoms with van der Waals surface area (Å²) in [6.07, 6.45) is 2.76. The lowest BCUT2D eigenvalue weighted by Gasteiger charge is -2.23. The quantitative estimate of drug-likeness (QED) is 0.414. The van der Waals surface area contributed by atoms with Gasteiger partial charge >= 0.3 is 0 Å². The van der Waals surface area contributed by atoms with Crippen LogP contribution >= 0.6 is 11.6 Å². The van der Waals surface area contributed by atoms with E-state index in [2.05, 4.69) is 25.7 Å². The number of anilines is 1. The van der Waals surface area contributed by atoms with Crippen LogP contribution in [-0.2, 0) is 0 Å². The van der Waals surface area contributed by atoms with Gasteiger partial charge < -0.3 is 20.8 Å². The highest BCUT2D eigenvalue weighted by Crippen LogP contribution is 2.25. The Balaban J connectivity index is 1.94. The number of aromatic nitrogens is 4. The summed E-state index contributed by atoms with van der Waals surface area (Å²) in [7, 11) is 0. The molecule has 0 unspecified atom stereocenters. The molecule has 0 aliphatic rings. The van der Waals surface area contributed by atoms with E-state index in [1.54, 1.807) is 29.8 Å². The van der Waals surface area contributed by atoms with Gasteiger partial charge in [-0.25, -0.2) is 13.9 Å². The van der Waals surface area contributed by atoms with Crippen LogP contribution in [-0.4, -0.2) is 66.7 Å². The minimum absolute atomic E-state index is 0.164. The molecule has 166 valence electrons. The number of alkyl halides is 1. The number of amides is 1. The van der Waals surface area contributed by atoms with Gasteiger partial charge in [0.2, 0.25) is 0 Å². The predicted molar refractivity (Wildman–Crippen MR) is 115 cm³/mol. The van der Waals surface area contributed by atoms with Gasteiger partial charge in [0.15, 0.2) is 5.65 Å². The Morgan fingerprint density at radius 2 is 2.03 bits per heavy atom. The first-order chi connectivity index (χ1) is 14.6. The molecule has 0 aliphatic carbocycles. The van der Waals surface area contributed by atoms with E-state index in [1.165, 1.54) is 26.2 Å². The molecule has 0 aromatic carbocycles. The number of nitrogens with zero attached hydrogens (tertiary/aromatic N) is 4. The number of carbonyl (C=O) groups is 1.